The van der Waals surface area contributed by atoms with Crippen LogP contribution in [-0.4, -0.2) is 51.2 Å². The quantitative estimate of drug-likeness (QED) is 0.633. The van der Waals surface area contributed by atoms with E-state index in [1.165, 1.54) is 0 Å². The van der Waals surface area contributed by atoms with Gasteiger partial charge in [0.25, 0.3) is 5.91 Å². The number of aromatic hydroxyl groups is 1. The Morgan fingerprint density at radius 2 is 1.92 bits per heavy atom. The van der Waals surface area contributed by atoms with E-state index in [1.807, 2.05) is 0 Å². The van der Waals surface area contributed by atoms with Crippen molar-refractivity contribution in [2.75, 3.05) is 13.1 Å². The van der Waals surface area contributed by atoms with E-state index in [0.717, 1.165) is 18.2 Å². The third-order valence-corrected chi connectivity index (χ3v) is 3.76. The number of aliphatic carboxylic acids is 1. The van der Waals surface area contributed by atoms with Crippen molar-refractivity contribution < 1.29 is 37.9 Å². The van der Waals surface area contributed by atoms with Crippen LogP contribution >= 0.6 is 0 Å². The van der Waals surface area contributed by atoms with E-state index in [0.29, 0.717) is 4.90 Å². The Hall–Kier alpha value is -2.85. The molecule has 130 valence electrons. The van der Waals surface area contributed by atoms with Crippen molar-refractivity contribution in [2.45, 2.75) is 6.18 Å². The molecule has 1 fully saturated rings. The van der Waals surface area contributed by atoms with Gasteiger partial charge in [0.15, 0.2) is 5.75 Å². The molecule has 1 heterocycles. The minimum absolute atomic E-state index is 0.313. The number of nitro groups is 1. The summed E-state index contributed by atoms with van der Waals surface area (Å²) in [5.74, 6) is -7.37. The molecule has 0 saturated carbocycles. The summed E-state index contributed by atoms with van der Waals surface area (Å²) in [7, 11) is 0. The van der Waals surface area contributed by atoms with E-state index in [1.54, 1.807) is 0 Å². The molecule has 2 N–H and O–H groups in total. The molecule has 1 aromatic carbocycles. The molecule has 11 heteroatoms. The summed E-state index contributed by atoms with van der Waals surface area (Å²) in [6, 6.07) is 2.62. The molecule has 0 aliphatic carbocycles. The van der Waals surface area contributed by atoms with Crippen molar-refractivity contribution in [1.29, 1.82) is 0 Å². The van der Waals surface area contributed by atoms with Crippen molar-refractivity contribution >= 4 is 17.6 Å². The zero-order valence-electron chi connectivity index (χ0n) is 11.9. The highest BCUT2D eigenvalue weighted by Gasteiger charge is 2.53. The number of phenolic OH excluding ortho intramolecular Hbond substituents is 1. The van der Waals surface area contributed by atoms with E-state index in [-0.39, 0.29) is 5.56 Å². The predicted octanol–water partition coefficient (Wildman–Crippen LogP) is 1.64. The van der Waals surface area contributed by atoms with Crippen LogP contribution in [0.4, 0.5) is 18.9 Å². The maximum absolute atomic E-state index is 12.9. The van der Waals surface area contributed by atoms with E-state index in [4.69, 9.17) is 5.11 Å². The standard InChI is InChI=1S/C13H11F3N2O6/c14-13(15,16)8-5-17(4-7(8)12(21)22)11(20)6-1-2-10(19)9(3-6)18(23)24/h1-3,7-8,19H,4-5H2,(H,21,22)/t7-,8-/m1/s1. The molecule has 0 unspecified atom stereocenters. The summed E-state index contributed by atoms with van der Waals surface area (Å²) in [6.45, 7) is -1.51. The highest BCUT2D eigenvalue weighted by atomic mass is 19.4. The Morgan fingerprint density at radius 1 is 1.29 bits per heavy atom. The number of carboxylic acids is 1. The molecular formula is C13H11F3N2O6. The molecule has 1 aliphatic rings. The molecular weight excluding hydrogens is 337 g/mol. The van der Waals surface area contributed by atoms with Gasteiger partial charge in [-0.15, -0.1) is 0 Å². The lowest BCUT2D eigenvalue weighted by Gasteiger charge is -2.18. The van der Waals surface area contributed by atoms with Gasteiger partial charge in [0.2, 0.25) is 0 Å². The fourth-order valence-corrected chi connectivity index (χ4v) is 2.54. The van der Waals surface area contributed by atoms with E-state index < -0.39 is 59.3 Å². The Labute approximate surface area is 132 Å². The number of carboxylic acid groups (broad SMARTS) is 1. The molecule has 24 heavy (non-hydrogen) atoms. The normalized spacial score (nSPS) is 20.9. The van der Waals surface area contributed by atoms with Crippen molar-refractivity contribution in [2.24, 2.45) is 11.8 Å². The second-order valence-corrected chi connectivity index (χ2v) is 5.26. The van der Waals surface area contributed by atoms with Crippen molar-refractivity contribution in [3.05, 3.63) is 33.9 Å². The third-order valence-electron chi connectivity index (χ3n) is 3.76. The number of carbonyl (C=O) groups excluding carboxylic acids is 1. The molecule has 1 amide bonds. The number of halogens is 3. The predicted molar refractivity (Wildman–Crippen MR) is 71.3 cm³/mol. The maximum atomic E-state index is 12.9. The first-order chi connectivity index (χ1) is 11.0. The van der Waals surface area contributed by atoms with Crippen molar-refractivity contribution in [1.82, 2.24) is 4.90 Å². The lowest BCUT2D eigenvalue weighted by Crippen LogP contribution is -2.34. The second kappa shape index (κ2) is 5.98. The Balaban J connectivity index is 2.29. The van der Waals surface area contributed by atoms with Crippen LogP contribution in [0.1, 0.15) is 10.4 Å². The minimum Gasteiger partial charge on any atom is -0.502 e. The van der Waals surface area contributed by atoms with E-state index in [9.17, 15) is 38.0 Å². The molecule has 0 spiro atoms. The monoisotopic (exact) mass is 348 g/mol. The molecule has 1 saturated heterocycles. The molecule has 2 rings (SSSR count). The molecule has 0 aromatic heterocycles. The molecule has 2 atom stereocenters. The second-order valence-electron chi connectivity index (χ2n) is 5.26. The van der Waals surface area contributed by atoms with E-state index in [2.05, 4.69) is 0 Å². The number of likely N-dealkylation sites (tertiary alicyclic amines) is 1. The summed E-state index contributed by atoms with van der Waals surface area (Å²) in [5.41, 5.74) is -1.09. The van der Waals surface area contributed by atoms with Crippen LogP contribution in [0.15, 0.2) is 18.2 Å². The SMILES string of the molecule is O=C(O)[C@@H]1CN(C(=O)c2ccc(O)c([N+](=O)[O-])c2)C[C@H]1C(F)(F)F. The average molecular weight is 348 g/mol. The topological polar surface area (TPSA) is 121 Å². The minimum atomic E-state index is -4.79. The number of benzene rings is 1. The first-order valence-electron chi connectivity index (χ1n) is 6.58. The lowest BCUT2D eigenvalue weighted by atomic mass is 9.96. The summed E-state index contributed by atoms with van der Waals surface area (Å²) in [4.78, 5) is 33.7. The summed E-state index contributed by atoms with van der Waals surface area (Å²) in [5, 5.41) is 29.0. The van der Waals surface area contributed by atoms with Gasteiger partial charge in [-0.3, -0.25) is 19.7 Å². The number of amides is 1. The number of nitrogens with zero attached hydrogens (tertiary/aromatic N) is 2. The highest BCUT2D eigenvalue weighted by molar-refractivity contribution is 5.95. The molecule has 0 radical (unpaired) electrons. The van der Waals surface area contributed by atoms with Crippen LogP contribution < -0.4 is 0 Å². The smallest absolute Gasteiger partial charge is 0.394 e. The van der Waals surface area contributed by atoms with Gasteiger partial charge in [0, 0.05) is 24.7 Å². The zero-order valence-corrected chi connectivity index (χ0v) is 11.9. The van der Waals surface area contributed by atoms with Crippen LogP contribution in [0.2, 0.25) is 0 Å². The van der Waals surface area contributed by atoms with Crippen molar-refractivity contribution in [3.63, 3.8) is 0 Å². The Morgan fingerprint density at radius 3 is 2.38 bits per heavy atom. The fourth-order valence-electron chi connectivity index (χ4n) is 2.54. The van der Waals surface area contributed by atoms with Crippen LogP contribution in [0, 0.1) is 22.0 Å². The van der Waals surface area contributed by atoms with Gasteiger partial charge in [-0.05, 0) is 12.1 Å². The van der Waals surface area contributed by atoms with Crippen molar-refractivity contribution in [3.8, 4) is 5.75 Å². The van der Waals surface area contributed by atoms with Gasteiger partial charge in [-0.25, -0.2) is 0 Å². The van der Waals surface area contributed by atoms with Gasteiger partial charge in [-0.2, -0.15) is 13.2 Å². The zero-order chi connectivity index (χ0) is 18.2. The molecule has 8 nitrogen and oxygen atoms in total. The van der Waals surface area contributed by atoms with Crippen LogP contribution in [0.25, 0.3) is 0 Å². The number of nitro benzene ring substituents is 1. The van der Waals surface area contributed by atoms with Gasteiger partial charge >= 0.3 is 17.8 Å². The average Bonchev–Trinajstić information content (AvgIpc) is 2.92. The van der Waals surface area contributed by atoms with Crippen LogP contribution in [0.3, 0.4) is 0 Å². The Kier molecular flexibility index (Phi) is 4.36. The third kappa shape index (κ3) is 3.24. The largest absolute Gasteiger partial charge is 0.502 e. The maximum Gasteiger partial charge on any atom is 0.394 e. The van der Waals surface area contributed by atoms with Crippen LogP contribution in [0.5, 0.6) is 5.75 Å². The van der Waals surface area contributed by atoms with Crippen LogP contribution in [-0.2, 0) is 4.79 Å². The lowest BCUT2D eigenvalue weighted by molar-refractivity contribution is -0.385. The van der Waals surface area contributed by atoms with Gasteiger partial charge in [0.1, 0.15) is 0 Å². The molecule has 1 aromatic rings. The number of rotatable bonds is 3. The number of hydrogen-bond donors (Lipinski definition) is 2. The molecule has 0 bridgehead atoms. The number of carbonyl (C=O) groups is 2. The molecule has 1 aliphatic heterocycles. The van der Waals surface area contributed by atoms with Gasteiger partial charge in [0.05, 0.1) is 16.8 Å². The summed E-state index contributed by atoms with van der Waals surface area (Å²) < 4.78 is 38.7. The van der Waals surface area contributed by atoms with Gasteiger partial charge < -0.3 is 15.1 Å². The Bertz CT molecular complexity index is 705. The fraction of sp³-hybridized carbons (Fsp3) is 0.385. The number of hydrogen-bond acceptors (Lipinski definition) is 5. The number of alkyl halides is 3. The van der Waals surface area contributed by atoms with E-state index >= 15 is 0 Å². The highest BCUT2D eigenvalue weighted by Crippen LogP contribution is 2.38. The first kappa shape index (κ1) is 17.5. The summed E-state index contributed by atoms with van der Waals surface area (Å²) >= 11 is 0. The number of phenols is 1. The summed E-state index contributed by atoms with van der Waals surface area (Å²) in [6.07, 6.45) is -4.79. The first-order valence-corrected chi connectivity index (χ1v) is 6.58. The van der Waals surface area contributed by atoms with Gasteiger partial charge in [-0.1, -0.05) is 0 Å².